The Morgan fingerprint density at radius 1 is 1.52 bits per heavy atom. The number of aryl methyl sites for hydroxylation is 1. The lowest BCUT2D eigenvalue weighted by Crippen LogP contribution is -2.45. The first-order chi connectivity index (χ1) is 9.90. The Labute approximate surface area is 123 Å². The maximum absolute atomic E-state index is 11.2. The summed E-state index contributed by atoms with van der Waals surface area (Å²) in [5.41, 5.74) is 1.61. The van der Waals surface area contributed by atoms with Crippen LogP contribution in [0.25, 0.3) is 0 Å². The monoisotopic (exact) mass is 292 g/mol. The molecule has 1 saturated heterocycles. The van der Waals surface area contributed by atoms with E-state index in [4.69, 9.17) is 0 Å². The van der Waals surface area contributed by atoms with Gasteiger partial charge in [0.1, 0.15) is 0 Å². The maximum Gasteiger partial charge on any atom is 0.308 e. The van der Waals surface area contributed by atoms with Gasteiger partial charge in [0.25, 0.3) is 5.69 Å². The van der Waals surface area contributed by atoms with Crippen molar-refractivity contribution in [2.45, 2.75) is 39.3 Å². The molecule has 0 saturated carbocycles. The van der Waals surface area contributed by atoms with Crippen LogP contribution in [0.5, 0.6) is 0 Å². The van der Waals surface area contributed by atoms with Gasteiger partial charge in [0, 0.05) is 24.2 Å². The Hall–Kier alpha value is -1.95. The minimum Gasteiger partial charge on any atom is -0.481 e. The van der Waals surface area contributed by atoms with Crippen LogP contribution in [0, 0.1) is 23.0 Å². The fraction of sp³-hybridized carbons (Fsp3) is 0.533. The summed E-state index contributed by atoms with van der Waals surface area (Å²) in [5, 5.41) is 20.2. The number of hydrogen-bond donors (Lipinski definition) is 1. The van der Waals surface area contributed by atoms with Crippen molar-refractivity contribution in [1.29, 1.82) is 0 Å². The number of benzene rings is 1. The molecule has 0 aliphatic carbocycles. The third kappa shape index (κ3) is 3.39. The summed E-state index contributed by atoms with van der Waals surface area (Å²) >= 11 is 0. The van der Waals surface area contributed by atoms with Gasteiger partial charge in [-0.05, 0) is 38.8 Å². The zero-order valence-corrected chi connectivity index (χ0v) is 12.3. The Kier molecular flexibility index (Phi) is 4.57. The van der Waals surface area contributed by atoms with E-state index < -0.39 is 5.97 Å². The quantitative estimate of drug-likeness (QED) is 0.681. The van der Waals surface area contributed by atoms with E-state index in [-0.39, 0.29) is 22.6 Å². The molecule has 2 atom stereocenters. The number of likely N-dealkylation sites (tertiary alicyclic amines) is 1. The van der Waals surface area contributed by atoms with Gasteiger partial charge in [0.2, 0.25) is 0 Å². The first kappa shape index (κ1) is 15.4. The Bertz CT molecular complexity index is 559. The van der Waals surface area contributed by atoms with E-state index in [0.29, 0.717) is 18.5 Å². The lowest BCUT2D eigenvalue weighted by Gasteiger charge is -2.37. The molecule has 1 fully saturated rings. The predicted molar refractivity (Wildman–Crippen MR) is 78.1 cm³/mol. The van der Waals surface area contributed by atoms with E-state index in [1.807, 2.05) is 13.0 Å². The number of hydrogen-bond acceptors (Lipinski definition) is 4. The van der Waals surface area contributed by atoms with E-state index in [1.54, 1.807) is 19.1 Å². The predicted octanol–water partition coefficient (Wildman–Crippen LogP) is 2.59. The van der Waals surface area contributed by atoms with Crippen LogP contribution in [0.2, 0.25) is 0 Å². The fourth-order valence-corrected chi connectivity index (χ4v) is 2.95. The van der Waals surface area contributed by atoms with Gasteiger partial charge in [-0.3, -0.25) is 19.8 Å². The van der Waals surface area contributed by atoms with Gasteiger partial charge in [-0.1, -0.05) is 12.1 Å². The van der Waals surface area contributed by atoms with Crippen LogP contribution in [-0.4, -0.2) is 33.5 Å². The number of nitrogens with zero attached hydrogens (tertiary/aromatic N) is 2. The number of rotatable bonds is 4. The lowest BCUT2D eigenvalue weighted by atomic mass is 9.90. The minimum atomic E-state index is -0.762. The summed E-state index contributed by atoms with van der Waals surface area (Å²) in [7, 11) is 0. The zero-order chi connectivity index (χ0) is 15.6. The summed E-state index contributed by atoms with van der Waals surface area (Å²) in [4.78, 5) is 23.9. The summed E-state index contributed by atoms with van der Waals surface area (Å²) < 4.78 is 0. The molecule has 21 heavy (non-hydrogen) atoms. The van der Waals surface area contributed by atoms with E-state index >= 15 is 0 Å². The van der Waals surface area contributed by atoms with Gasteiger partial charge in [0.15, 0.2) is 0 Å². The third-order valence-electron chi connectivity index (χ3n) is 4.29. The van der Waals surface area contributed by atoms with Crippen molar-refractivity contribution < 1.29 is 14.8 Å². The van der Waals surface area contributed by atoms with Gasteiger partial charge in [0.05, 0.1) is 10.8 Å². The van der Waals surface area contributed by atoms with Crippen molar-refractivity contribution in [1.82, 2.24) is 4.90 Å². The molecule has 0 amide bonds. The van der Waals surface area contributed by atoms with Crippen molar-refractivity contribution in [3.05, 3.63) is 39.4 Å². The van der Waals surface area contributed by atoms with Crippen molar-refractivity contribution in [2.75, 3.05) is 6.54 Å². The van der Waals surface area contributed by atoms with E-state index in [0.717, 1.165) is 18.5 Å². The van der Waals surface area contributed by atoms with Gasteiger partial charge in [-0.2, -0.15) is 0 Å². The molecule has 0 aromatic heterocycles. The molecule has 1 aromatic carbocycles. The largest absolute Gasteiger partial charge is 0.481 e. The van der Waals surface area contributed by atoms with E-state index in [2.05, 4.69) is 4.90 Å². The number of carboxylic acid groups (broad SMARTS) is 1. The van der Waals surface area contributed by atoms with Crippen LogP contribution < -0.4 is 0 Å². The summed E-state index contributed by atoms with van der Waals surface area (Å²) in [5.74, 6) is -1.12. The number of carbonyl (C=O) groups is 1. The van der Waals surface area contributed by atoms with Crippen LogP contribution in [0.4, 0.5) is 5.69 Å². The second-order valence-electron chi connectivity index (χ2n) is 5.68. The summed E-state index contributed by atoms with van der Waals surface area (Å²) in [6, 6.07) is 5.15. The SMILES string of the molecule is Cc1ccc(CN2CCC[C@@H](C(=O)O)[C@H]2C)cc1[N+](=O)[O-]. The highest BCUT2D eigenvalue weighted by Crippen LogP contribution is 2.27. The average molecular weight is 292 g/mol. The van der Waals surface area contributed by atoms with Crippen LogP contribution in [0.1, 0.15) is 30.9 Å². The van der Waals surface area contributed by atoms with Crippen LogP contribution in [-0.2, 0) is 11.3 Å². The average Bonchev–Trinajstić information content (AvgIpc) is 2.42. The number of aliphatic carboxylic acids is 1. The maximum atomic E-state index is 11.2. The molecule has 114 valence electrons. The van der Waals surface area contributed by atoms with E-state index in [1.165, 1.54) is 0 Å². The van der Waals surface area contributed by atoms with Gasteiger partial charge in [-0.15, -0.1) is 0 Å². The smallest absolute Gasteiger partial charge is 0.308 e. The molecule has 6 nitrogen and oxygen atoms in total. The molecule has 0 radical (unpaired) electrons. The van der Waals surface area contributed by atoms with Crippen molar-refractivity contribution in [3.63, 3.8) is 0 Å². The van der Waals surface area contributed by atoms with Crippen molar-refractivity contribution in [3.8, 4) is 0 Å². The highest BCUT2D eigenvalue weighted by atomic mass is 16.6. The van der Waals surface area contributed by atoms with Gasteiger partial charge >= 0.3 is 5.97 Å². The molecule has 0 spiro atoms. The van der Waals surface area contributed by atoms with Gasteiger partial charge in [-0.25, -0.2) is 0 Å². The third-order valence-corrected chi connectivity index (χ3v) is 4.29. The summed E-state index contributed by atoms with van der Waals surface area (Å²) in [6.07, 6.45) is 1.54. The van der Waals surface area contributed by atoms with Crippen LogP contribution in [0.15, 0.2) is 18.2 Å². The molecule has 0 unspecified atom stereocenters. The van der Waals surface area contributed by atoms with E-state index in [9.17, 15) is 20.0 Å². The Balaban J connectivity index is 2.16. The highest BCUT2D eigenvalue weighted by Gasteiger charge is 2.32. The number of nitro benzene ring substituents is 1. The van der Waals surface area contributed by atoms with Crippen molar-refractivity contribution >= 4 is 11.7 Å². The van der Waals surface area contributed by atoms with Gasteiger partial charge < -0.3 is 5.11 Å². The number of nitro groups is 1. The zero-order valence-electron chi connectivity index (χ0n) is 12.3. The first-order valence-electron chi connectivity index (χ1n) is 7.11. The molecule has 1 aliphatic heterocycles. The number of piperidine rings is 1. The second-order valence-corrected chi connectivity index (χ2v) is 5.68. The molecule has 1 aromatic rings. The number of carboxylic acids is 1. The highest BCUT2D eigenvalue weighted by molar-refractivity contribution is 5.71. The molecule has 2 rings (SSSR count). The molecular weight excluding hydrogens is 272 g/mol. The first-order valence-corrected chi connectivity index (χ1v) is 7.11. The molecular formula is C15H20N2O4. The minimum absolute atomic E-state index is 0.0587. The fourth-order valence-electron chi connectivity index (χ4n) is 2.95. The Morgan fingerprint density at radius 2 is 2.24 bits per heavy atom. The Morgan fingerprint density at radius 3 is 2.86 bits per heavy atom. The summed E-state index contributed by atoms with van der Waals surface area (Å²) in [6.45, 7) is 5.01. The molecule has 1 heterocycles. The molecule has 6 heteroatoms. The van der Waals surface area contributed by atoms with Crippen molar-refractivity contribution in [2.24, 2.45) is 5.92 Å². The normalized spacial score (nSPS) is 23.0. The van der Waals surface area contributed by atoms with Crippen LogP contribution >= 0.6 is 0 Å². The molecule has 0 bridgehead atoms. The molecule has 1 aliphatic rings. The van der Waals surface area contributed by atoms with Crippen LogP contribution in [0.3, 0.4) is 0 Å². The topological polar surface area (TPSA) is 83.7 Å². The second kappa shape index (κ2) is 6.22. The molecule has 1 N–H and O–H groups in total. The lowest BCUT2D eigenvalue weighted by molar-refractivity contribution is -0.385. The standard InChI is InChI=1S/C15H20N2O4/c1-10-5-6-12(8-14(10)17(20)21)9-16-7-3-4-13(11(16)2)15(18)19/h5-6,8,11,13H,3-4,7,9H2,1-2H3,(H,18,19)/t11-,13-/m1/s1.